The molecule has 0 saturated carbocycles. The number of aromatic nitrogens is 1. The number of amidine groups is 1. The first-order valence-electron chi connectivity index (χ1n) is 5.20. The maximum Gasteiger partial charge on any atom is 0.263 e. The molecule has 0 atom stereocenters. The van der Waals surface area contributed by atoms with E-state index in [1.165, 1.54) is 11.3 Å². The van der Waals surface area contributed by atoms with E-state index in [0.29, 0.717) is 17.9 Å². The van der Waals surface area contributed by atoms with Crippen molar-refractivity contribution < 1.29 is 8.42 Å². The molecule has 18 heavy (non-hydrogen) atoms. The summed E-state index contributed by atoms with van der Waals surface area (Å²) in [5, 5.41) is 1.89. The second-order valence-electron chi connectivity index (χ2n) is 3.75. The molecule has 0 amide bonds. The van der Waals surface area contributed by atoms with Crippen LogP contribution >= 0.6 is 11.3 Å². The van der Waals surface area contributed by atoms with E-state index >= 15 is 0 Å². The molecule has 1 aromatic heterocycles. The summed E-state index contributed by atoms with van der Waals surface area (Å²) in [5.41, 5.74) is 3.17. The van der Waals surface area contributed by atoms with Crippen LogP contribution in [0.1, 0.15) is 11.3 Å². The molecule has 5 nitrogen and oxygen atoms in total. The van der Waals surface area contributed by atoms with Gasteiger partial charge in [-0.05, 0) is 12.1 Å². The van der Waals surface area contributed by atoms with Crippen molar-refractivity contribution in [3.8, 4) is 0 Å². The van der Waals surface area contributed by atoms with Crippen LogP contribution in [0, 0.1) is 0 Å². The number of thiazole rings is 1. The summed E-state index contributed by atoms with van der Waals surface area (Å²) in [6, 6.07) is 6.80. The van der Waals surface area contributed by atoms with E-state index in [1.807, 2.05) is 5.38 Å². The van der Waals surface area contributed by atoms with Gasteiger partial charge in [-0.3, -0.25) is 9.71 Å². The first-order chi connectivity index (χ1) is 8.67. The lowest BCUT2D eigenvalue weighted by atomic mass is 10.2. The molecule has 0 unspecified atom stereocenters. The van der Waals surface area contributed by atoms with Crippen molar-refractivity contribution in [3.05, 3.63) is 46.4 Å². The Morgan fingerprint density at radius 2 is 2.17 bits per heavy atom. The Hall–Kier alpha value is -1.73. The summed E-state index contributed by atoms with van der Waals surface area (Å²) in [6.45, 7) is 0.371. The van der Waals surface area contributed by atoms with Crippen LogP contribution in [0.4, 0.5) is 0 Å². The first-order valence-corrected chi connectivity index (χ1v) is 7.63. The highest BCUT2D eigenvalue weighted by atomic mass is 32.2. The summed E-state index contributed by atoms with van der Waals surface area (Å²) < 4.78 is 26.1. The van der Waals surface area contributed by atoms with Gasteiger partial charge in [0.2, 0.25) is 0 Å². The molecule has 0 saturated heterocycles. The molecule has 7 heteroatoms. The Balaban J connectivity index is 1.99. The number of hydrogen-bond donors (Lipinski definition) is 1. The lowest BCUT2D eigenvalue weighted by molar-refractivity contribution is 0.595. The molecule has 0 radical (unpaired) electrons. The molecule has 0 bridgehead atoms. The Labute approximate surface area is 108 Å². The molecule has 1 aromatic carbocycles. The highest BCUT2D eigenvalue weighted by molar-refractivity contribution is 7.90. The summed E-state index contributed by atoms with van der Waals surface area (Å²) in [6.07, 6.45) is 0. The van der Waals surface area contributed by atoms with Gasteiger partial charge < -0.3 is 0 Å². The number of nitrogens with one attached hydrogen (secondary N) is 1. The minimum absolute atomic E-state index is 0.280. The summed E-state index contributed by atoms with van der Waals surface area (Å²) in [7, 11) is -3.44. The minimum Gasteiger partial charge on any atom is -0.263 e. The number of sulfonamides is 1. The standard InChI is InChI=1S/C11H9N3O2S2/c15-18(16)10-4-2-1-3-9(10)11(14-18)12-5-8-6-17-7-13-8/h1-4,6-7H,5H2,(H,12,14). The van der Waals surface area contributed by atoms with E-state index < -0.39 is 10.0 Å². The molecule has 3 rings (SSSR count). The van der Waals surface area contributed by atoms with Crippen LogP contribution in [0.15, 0.2) is 45.0 Å². The molecule has 1 aliphatic rings. The number of benzene rings is 1. The molecule has 1 N–H and O–H groups in total. The third-order valence-corrected chi connectivity index (χ3v) is 4.58. The maximum absolute atomic E-state index is 11.8. The van der Waals surface area contributed by atoms with E-state index in [-0.39, 0.29) is 4.90 Å². The quantitative estimate of drug-likeness (QED) is 0.902. The van der Waals surface area contributed by atoms with Crippen molar-refractivity contribution in [2.75, 3.05) is 0 Å². The predicted molar refractivity (Wildman–Crippen MR) is 69.1 cm³/mol. The van der Waals surface area contributed by atoms with E-state index in [9.17, 15) is 8.42 Å². The minimum atomic E-state index is -3.44. The molecule has 2 aromatic rings. The number of fused-ring (bicyclic) bond motifs is 1. The second-order valence-corrected chi connectivity index (χ2v) is 6.12. The fourth-order valence-electron chi connectivity index (χ4n) is 1.73. The molecule has 92 valence electrons. The summed E-state index contributed by atoms with van der Waals surface area (Å²) in [4.78, 5) is 8.66. The van der Waals surface area contributed by atoms with Gasteiger partial charge in [-0.1, -0.05) is 12.1 Å². The Kier molecular flexibility index (Phi) is 2.64. The fourth-order valence-corrected chi connectivity index (χ4v) is 3.53. The van der Waals surface area contributed by atoms with Gasteiger partial charge in [-0.2, -0.15) is 0 Å². The number of rotatable bonds is 2. The van der Waals surface area contributed by atoms with Crippen LogP contribution in [-0.4, -0.2) is 19.2 Å². The Bertz CT molecular complexity index is 706. The number of aliphatic imine (C=N–C) groups is 1. The lowest BCUT2D eigenvalue weighted by Gasteiger charge is -1.97. The molecular weight excluding hydrogens is 270 g/mol. The molecular formula is C11H9N3O2S2. The van der Waals surface area contributed by atoms with Crippen LogP contribution in [0.5, 0.6) is 0 Å². The van der Waals surface area contributed by atoms with E-state index in [2.05, 4.69) is 14.7 Å². The summed E-state index contributed by atoms with van der Waals surface area (Å²) >= 11 is 1.49. The average Bonchev–Trinajstić information content (AvgIpc) is 2.95. The molecule has 0 aliphatic carbocycles. The Morgan fingerprint density at radius 1 is 1.33 bits per heavy atom. The monoisotopic (exact) mass is 279 g/mol. The third kappa shape index (κ3) is 1.91. The van der Waals surface area contributed by atoms with Crippen molar-refractivity contribution in [1.82, 2.24) is 9.71 Å². The zero-order valence-corrected chi connectivity index (χ0v) is 10.8. The van der Waals surface area contributed by atoms with Gasteiger partial charge in [0.15, 0.2) is 0 Å². The van der Waals surface area contributed by atoms with E-state index in [1.54, 1.807) is 29.8 Å². The third-order valence-electron chi connectivity index (χ3n) is 2.55. The predicted octanol–water partition coefficient (Wildman–Crippen LogP) is 1.38. The maximum atomic E-state index is 11.8. The normalized spacial score (nSPS) is 18.6. The van der Waals surface area contributed by atoms with Gasteiger partial charge in [-0.15, -0.1) is 11.3 Å². The average molecular weight is 279 g/mol. The first kappa shape index (κ1) is 11.4. The highest BCUT2D eigenvalue weighted by Gasteiger charge is 2.29. The lowest BCUT2D eigenvalue weighted by Crippen LogP contribution is -2.22. The smallest absolute Gasteiger partial charge is 0.263 e. The SMILES string of the molecule is O=S1(=O)NC(=NCc2cscn2)c2ccccc21. The molecule has 0 spiro atoms. The largest absolute Gasteiger partial charge is 0.263 e. The van der Waals surface area contributed by atoms with Crippen molar-refractivity contribution in [1.29, 1.82) is 0 Å². The number of hydrogen-bond acceptors (Lipinski definition) is 5. The van der Waals surface area contributed by atoms with Crippen LogP contribution in [0.25, 0.3) is 0 Å². The van der Waals surface area contributed by atoms with Crippen molar-refractivity contribution >= 4 is 27.2 Å². The van der Waals surface area contributed by atoms with Crippen LogP contribution in [0.2, 0.25) is 0 Å². The Morgan fingerprint density at radius 3 is 2.94 bits per heavy atom. The molecule has 1 aliphatic heterocycles. The van der Waals surface area contributed by atoms with Gasteiger partial charge in [0, 0.05) is 10.9 Å². The second kappa shape index (κ2) is 4.18. The van der Waals surface area contributed by atoms with Gasteiger partial charge >= 0.3 is 0 Å². The van der Waals surface area contributed by atoms with Crippen molar-refractivity contribution in [2.24, 2.45) is 4.99 Å². The topological polar surface area (TPSA) is 71.4 Å². The van der Waals surface area contributed by atoms with Crippen LogP contribution < -0.4 is 4.72 Å². The van der Waals surface area contributed by atoms with Crippen molar-refractivity contribution in [3.63, 3.8) is 0 Å². The number of nitrogens with zero attached hydrogens (tertiary/aromatic N) is 2. The van der Waals surface area contributed by atoms with Gasteiger partial charge in [0.1, 0.15) is 5.84 Å². The van der Waals surface area contributed by atoms with Crippen molar-refractivity contribution in [2.45, 2.75) is 11.4 Å². The molecule has 0 fully saturated rings. The van der Waals surface area contributed by atoms with Crippen LogP contribution in [-0.2, 0) is 16.6 Å². The zero-order chi connectivity index (χ0) is 12.6. The zero-order valence-electron chi connectivity index (χ0n) is 9.20. The highest BCUT2D eigenvalue weighted by Crippen LogP contribution is 2.22. The van der Waals surface area contributed by atoms with Gasteiger partial charge in [-0.25, -0.2) is 13.4 Å². The van der Waals surface area contributed by atoms with E-state index in [4.69, 9.17) is 0 Å². The van der Waals surface area contributed by atoms with E-state index in [0.717, 1.165) is 5.69 Å². The van der Waals surface area contributed by atoms with Gasteiger partial charge in [0.25, 0.3) is 10.0 Å². The molecule has 2 heterocycles. The van der Waals surface area contributed by atoms with Gasteiger partial charge in [0.05, 0.1) is 22.6 Å². The fraction of sp³-hybridized carbons (Fsp3) is 0.0909. The van der Waals surface area contributed by atoms with Crippen LogP contribution in [0.3, 0.4) is 0 Å². The summed E-state index contributed by atoms with van der Waals surface area (Å²) in [5.74, 6) is 0.388.